The molecule has 2 heteroatoms. The van der Waals surface area contributed by atoms with Crippen molar-refractivity contribution in [2.24, 2.45) is 0 Å². The first-order chi connectivity index (χ1) is 28.8. The Morgan fingerprint density at radius 2 is 1.02 bits per heavy atom. The molecule has 9 aromatic carbocycles. The average Bonchev–Trinajstić information content (AvgIpc) is 3.92. The minimum atomic E-state index is -0.683. The molecule has 0 saturated carbocycles. The van der Waals surface area contributed by atoms with Crippen LogP contribution < -0.4 is 4.90 Å². The molecular formula is C56H37NO. The lowest BCUT2D eigenvalue weighted by atomic mass is 9.68. The van der Waals surface area contributed by atoms with Gasteiger partial charge in [-0.25, -0.2) is 0 Å². The molecule has 2 aliphatic carbocycles. The molecule has 10 aromatic rings. The number of hydrogen-bond donors (Lipinski definition) is 0. The van der Waals surface area contributed by atoms with E-state index in [4.69, 9.17) is 4.42 Å². The van der Waals surface area contributed by atoms with Crippen LogP contribution in [0.2, 0.25) is 0 Å². The molecule has 2 atom stereocenters. The summed E-state index contributed by atoms with van der Waals surface area (Å²) in [6.45, 7) is 0. The van der Waals surface area contributed by atoms with E-state index in [9.17, 15) is 0 Å². The molecule has 0 radical (unpaired) electrons. The predicted octanol–water partition coefficient (Wildman–Crippen LogP) is 14.6. The molecule has 2 unspecified atom stereocenters. The van der Waals surface area contributed by atoms with E-state index in [1.165, 1.54) is 60.8 Å². The molecule has 0 bridgehead atoms. The highest BCUT2D eigenvalue weighted by molar-refractivity contribution is 6.05. The first-order valence-corrected chi connectivity index (χ1v) is 20.1. The van der Waals surface area contributed by atoms with Gasteiger partial charge < -0.3 is 9.32 Å². The summed E-state index contributed by atoms with van der Waals surface area (Å²) >= 11 is 0. The Kier molecular flexibility index (Phi) is 7.24. The standard InChI is InChI=1S/C56H37NO/c1-4-19-38(20-5-1)52(45-29-16-21-37-18-10-11-26-42(37)45)39-34-35-44-43-27-12-14-31-48(43)56(49(44)36-39)53-47(55-54(56)46-28-13-15-33-51(46)58-55)30-17-32-50(53)57(40-22-6-2-7-23-40)41-24-8-3-9-25-41/h1-36,52H. The summed E-state index contributed by atoms with van der Waals surface area (Å²) in [5.41, 5.74) is 16.1. The van der Waals surface area contributed by atoms with Gasteiger partial charge in [0.25, 0.3) is 0 Å². The second kappa shape index (κ2) is 12.8. The molecule has 1 heterocycles. The van der Waals surface area contributed by atoms with Gasteiger partial charge in [0.1, 0.15) is 11.3 Å². The Balaban J connectivity index is 1.21. The number of hydrogen-bond acceptors (Lipinski definition) is 2. The lowest BCUT2D eigenvalue weighted by Gasteiger charge is -2.36. The SMILES string of the molecule is c1ccc(C(c2ccc3c(c2)C2(c4ccccc4-3)c3c(cccc3N(c3ccccc3)c3ccccc3)-c3oc4ccccc4c32)c2cccc3ccccc23)cc1. The maximum Gasteiger partial charge on any atom is 0.140 e. The van der Waals surface area contributed by atoms with Crippen molar-refractivity contribution < 1.29 is 4.42 Å². The highest BCUT2D eigenvalue weighted by atomic mass is 16.3. The van der Waals surface area contributed by atoms with Gasteiger partial charge in [-0.15, -0.1) is 0 Å². The number of anilines is 3. The quantitative estimate of drug-likeness (QED) is 0.158. The number of benzene rings is 9. The molecular weight excluding hydrogens is 703 g/mol. The molecule has 58 heavy (non-hydrogen) atoms. The van der Waals surface area contributed by atoms with Crippen LogP contribution in [-0.4, -0.2) is 0 Å². The van der Waals surface area contributed by atoms with Crippen molar-refractivity contribution >= 4 is 38.8 Å². The Bertz CT molecular complexity index is 3140. The fourth-order valence-corrected chi connectivity index (χ4v) is 10.3. The molecule has 0 N–H and O–H groups in total. The van der Waals surface area contributed by atoms with E-state index in [1.54, 1.807) is 0 Å². The lowest BCUT2D eigenvalue weighted by Crippen LogP contribution is -2.28. The van der Waals surface area contributed by atoms with Crippen molar-refractivity contribution in [3.63, 3.8) is 0 Å². The van der Waals surface area contributed by atoms with Gasteiger partial charge in [0.05, 0.1) is 11.1 Å². The van der Waals surface area contributed by atoms with Gasteiger partial charge in [0.2, 0.25) is 0 Å². The third-order valence-corrected chi connectivity index (χ3v) is 12.6. The molecule has 12 rings (SSSR count). The van der Waals surface area contributed by atoms with Gasteiger partial charge >= 0.3 is 0 Å². The third-order valence-electron chi connectivity index (χ3n) is 12.6. The molecule has 0 amide bonds. The third kappa shape index (κ3) is 4.60. The summed E-state index contributed by atoms with van der Waals surface area (Å²) < 4.78 is 7.05. The van der Waals surface area contributed by atoms with Gasteiger partial charge in [0, 0.05) is 39.4 Å². The molecule has 1 spiro atoms. The fourth-order valence-electron chi connectivity index (χ4n) is 10.3. The first-order valence-electron chi connectivity index (χ1n) is 20.1. The van der Waals surface area contributed by atoms with Crippen LogP contribution in [0.4, 0.5) is 17.1 Å². The zero-order chi connectivity index (χ0) is 38.2. The van der Waals surface area contributed by atoms with Crippen molar-refractivity contribution in [2.75, 3.05) is 4.90 Å². The van der Waals surface area contributed by atoms with Crippen molar-refractivity contribution in [3.05, 3.63) is 257 Å². The topological polar surface area (TPSA) is 16.4 Å². The molecule has 2 nitrogen and oxygen atoms in total. The number of nitrogens with zero attached hydrogens (tertiary/aromatic N) is 1. The normalized spacial score (nSPS) is 15.2. The minimum absolute atomic E-state index is 0.000166. The largest absolute Gasteiger partial charge is 0.456 e. The van der Waals surface area contributed by atoms with Crippen LogP contribution in [0, 0.1) is 0 Å². The van der Waals surface area contributed by atoms with Crippen LogP contribution in [0.25, 0.3) is 44.2 Å². The molecule has 0 saturated heterocycles. The van der Waals surface area contributed by atoms with Gasteiger partial charge in [-0.1, -0.05) is 182 Å². The second-order valence-electron chi connectivity index (χ2n) is 15.5. The maximum absolute atomic E-state index is 7.05. The van der Waals surface area contributed by atoms with Gasteiger partial charge in [-0.2, -0.15) is 0 Å². The summed E-state index contributed by atoms with van der Waals surface area (Å²) in [4.78, 5) is 2.43. The highest BCUT2D eigenvalue weighted by Crippen LogP contribution is 2.67. The average molecular weight is 740 g/mol. The summed E-state index contributed by atoms with van der Waals surface area (Å²) in [5.74, 6) is 0.945. The van der Waals surface area contributed by atoms with Crippen LogP contribution in [0.15, 0.2) is 223 Å². The number of furan rings is 1. The molecule has 0 fully saturated rings. The second-order valence-corrected chi connectivity index (χ2v) is 15.5. The van der Waals surface area contributed by atoms with Crippen LogP contribution in [0.1, 0.15) is 44.9 Å². The fraction of sp³-hybridized carbons (Fsp3) is 0.0357. The highest BCUT2D eigenvalue weighted by Gasteiger charge is 2.56. The predicted molar refractivity (Wildman–Crippen MR) is 239 cm³/mol. The number of fused-ring (bicyclic) bond motifs is 13. The Hall–Kier alpha value is -7.42. The van der Waals surface area contributed by atoms with Crippen molar-refractivity contribution in [3.8, 4) is 22.5 Å². The summed E-state index contributed by atoms with van der Waals surface area (Å²) in [7, 11) is 0. The zero-order valence-electron chi connectivity index (χ0n) is 31.7. The van der Waals surface area contributed by atoms with E-state index in [1.807, 2.05) is 0 Å². The molecule has 2 aliphatic rings. The molecule has 0 aliphatic heterocycles. The van der Waals surface area contributed by atoms with Crippen molar-refractivity contribution in [2.45, 2.75) is 11.3 Å². The summed E-state index contributed by atoms with van der Waals surface area (Å²) in [5, 5.41) is 3.67. The van der Waals surface area contributed by atoms with E-state index < -0.39 is 5.41 Å². The van der Waals surface area contributed by atoms with Crippen LogP contribution in [-0.2, 0) is 5.41 Å². The van der Waals surface area contributed by atoms with E-state index in [2.05, 4.69) is 223 Å². The van der Waals surface area contributed by atoms with Crippen molar-refractivity contribution in [1.82, 2.24) is 0 Å². The smallest absolute Gasteiger partial charge is 0.140 e. The zero-order valence-corrected chi connectivity index (χ0v) is 31.7. The van der Waals surface area contributed by atoms with Gasteiger partial charge in [0.15, 0.2) is 0 Å². The van der Waals surface area contributed by atoms with E-state index in [0.29, 0.717) is 0 Å². The monoisotopic (exact) mass is 739 g/mol. The van der Waals surface area contributed by atoms with Gasteiger partial charge in [-0.05, 0) is 86.1 Å². The van der Waals surface area contributed by atoms with Crippen molar-refractivity contribution in [1.29, 1.82) is 0 Å². The van der Waals surface area contributed by atoms with E-state index >= 15 is 0 Å². The van der Waals surface area contributed by atoms with Crippen LogP contribution in [0.3, 0.4) is 0 Å². The summed E-state index contributed by atoms with van der Waals surface area (Å²) in [6.07, 6.45) is 0. The number of para-hydroxylation sites is 3. The van der Waals surface area contributed by atoms with E-state index in [-0.39, 0.29) is 5.92 Å². The molecule has 1 aromatic heterocycles. The Morgan fingerprint density at radius 1 is 0.414 bits per heavy atom. The Morgan fingerprint density at radius 3 is 1.81 bits per heavy atom. The van der Waals surface area contributed by atoms with E-state index in [0.717, 1.165) is 39.4 Å². The number of rotatable bonds is 6. The Labute approximate surface area is 337 Å². The lowest BCUT2D eigenvalue weighted by molar-refractivity contribution is 0.628. The molecule has 272 valence electrons. The van der Waals surface area contributed by atoms with Gasteiger partial charge in [-0.3, -0.25) is 0 Å². The van der Waals surface area contributed by atoms with Crippen LogP contribution >= 0.6 is 0 Å². The first kappa shape index (κ1) is 32.8. The van der Waals surface area contributed by atoms with Crippen LogP contribution in [0.5, 0.6) is 0 Å². The maximum atomic E-state index is 7.05. The summed E-state index contributed by atoms with van der Waals surface area (Å²) in [6, 6.07) is 79.9. The minimum Gasteiger partial charge on any atom is -0.456 e.